The number of aliphatic carboxylic acids is 1. The summed E-state index contributed by atoms with van der Waals surface area (Å²) in [7, 11) is -4.24. The summed E-state index contributed by atoms with van der Waals surface area (Å²) in [5.74, 6) is -0.558. The Morgan fingerprint density at radius 2 is 1.69 bits per heavy atom. The Balaban J connectivity index is 1.79. The predicted molar refractivity (Wildman–Crippen MR) is 115 cm³/mol. The summed E-state index contributed by atoms with van der Waals surface area (Å²) in [6, 6.07) is 8.98. The van der Waals surface area contributed by atoms with Crippen LogP contribution in [-0.4, -0.2) is 58.9 Å². The van der Waals surface area contributed by atoms with Gasteiger partial charge in [0.2, 0.25) is 0 Å². The van der Waals surface area contributed by atoms with E-state index in [1.807, 2.05) is 0 Å². The van der Waals surface area contributed by atoms with Gasteiger partial charge in [0, 0.05) is 19.3 Å². The van der Waals surface area contributed by atoms with E-state index < -0.39 is 32.2 Å². The average molecular weight is 463 g/mol. The van der Waals surface area contributed by atoms with Gasteiger partial charge in [-0.15, -0.1) is 0 Å². The van der Waals surface area contributed by atoms with E-state index in [-0.39, 0.29) is 30.8 Å². The molecule has 10 heteroatoms. The molecule has 2 aromatic rings. The van der Waals surface area contributed by atoms with Gasteiger partial charge in [0.15, 0.2) is 14.6 Å². The Morgan fingerprint density at radius 1 is 1.06 bits per heavy atom. The molecule has 0 spiro atoms. The molecule has 0 unspecified atom stereocenters. The van der Waals surface area contributed by atoms with Crippen LogP contribution in [0.25, 0.3) is 0 Å². The molecule has 0 bridgehead atoms. The number of carboxylic acid groups (broad SMARTS) is 1. The van der Waals surface area contributed by atoms with E-state index in [1.54, 1.807) is 39.1 Å². The first kappa shape index (κ1) is 23.5. The lowest BCUT2D eigenvalue weighted by Gasteiger charge is -2.38. The fraction of sp³-hybridized carbons (Fsp3) is 0.409. The van der Waals surface area contributed by atoms with Gasteiger partial charge < -0.3 is 19.5 Å². The smallest absolute Gasteiger partial charge is 0.410 e. The van der Waals surface area contributed by atoms with E-state index in [1.165, 1.54) is 35.4 Å². The van der Waals surface area contributed by atoms with Gasteiger partial charge in [0.1, 0.15) is 17.1 Å². The number of hydrogen-bond donors (Lipinski definition) is 1. The molecule has 1 aromatic heterocycles. The predicted octanol–water partition coefficient (Wildman–Crippen LogP) is 3.50. The zero-order valence-corrected chi connectivity index (χ0v) is 19.0. The van der Waals surface area contributed by atoms with Crippen molar-refractivity contribution in [2.75, 3.05) is 13.1 Å². The maximum atomic E-state index is 13.4. The van der Waals surface area contributed by atoms with E-state index in [9.17, 15) is 23.1 Å². The number of rotatable bonds is 5. The molecule has 0 saturated carbocycles. The summed E-state index contributed by atoms with van der Waals surface area (Å²) >= 11 is 0. The van der Waals surface area contributed by atoms with E-state index in [0.29, 0.717) is 11.5 Å². The van der Waals surface area contributed by atoms with Gasteiger partial charge in [-0.3, -0.25) is 9.78 Å². The molecule has 1 saturated heterocycles. The zero-order chi connectivity index (χ0) is 23.6. The van der Waals surface area contributed by atoms with Crippen LogP contribution < -0.4 is 4.74 Å². The number of carboxylic acids is 1. The van der Waals surface area contributed by atoms with Crippen LogP contribution in [0.4, 0.5) is 4.79 Å². The van der Waals surface area contributed by atoms with Crippen molar-refractivity contribution in [2.45, 2.75) is 48.9 Å². The molecule has 1 aromatic carbocycles. The molecule has 0 aliphatic carbocycles. The lowest BCUT2D eigenvalue weighted by Crippen LogP contribution is -2.55. The number of piperidine rings is 1. The SMILES string of the molecule is CC(C)(C)OC(=O)N1CCC(C(=O)O)(S(=O)(=O)c2ccc(Oc3cccnc3)cc2)CC1. The number of carbonyl (C=O) groups is 2. The molecular weight excluding hydrogens is 436 g/mol. The van der Waals surface area contributed by atoms with Crippen LogP contribution >= 0.6 is 0 Å². The second-order valence-electron chi connectivity index (χ2n) is 8.53. The highest BCUT2D eigenvalue weighted by Gasteiger charge is 2.54. The largest absolute Gasteiger partial charge is 0.480 e. The molecular formula is C22H26N2O7S. The number of amides is 1. The summed E-state index contributed by atoms with van der Waals surface area (Å²) in [6.45, 7) is 5.10. The molecule has 2 heterocycles. The van der Waals surface area contributed by atoms with Crippen LogP contribution in [0, 0.1) is 0 Å². The van der Waals surface area contributed by atoms with Gasteiger partial charge in [0.25, 0.3) is 0 Å². The molecule has 9 nitrogen and oxygen atoms in total. The fourth-order valence-electron chi connectivity index (χ4n) is 3.43. The normalized spacial score (nSPS) is 16.3. The average Bonchev–Trinajstić information content (AvgIpc) is 2.73. The number of carbonyl (C=O) groups excluding carboxylic acids is 1. The number of hydrogen-bond acceptors (Lipinski definition) is 7. The van der Waals surface area contributed by atoms with Gasteiger partial charge in [-0.2, -0.15) is 0 Å². The number of ether oxygens (including phenoxy) is 2. The molecule has 1 fully saturated rings. The maximum absolute atomic E-state index is 13.4. The first-order valence-corrected chi connectivity index (χ1v) is 11.6. The van der Waals surface area contributed by atoms with Crippen LogP contribution in [0.2, 0.25) is 0 Å². The Hall–Kier alpha value is -3.14. The second-order valence-corrected chi connectivity index (χ2v) is 10.8. The minimum absolute atomic E-state index is 0.0390. The second kappa shape index (κ2) is 8.78. The molecule has 0 atom stereocenters. The lowest BCUT2D eigenvalue weighted by atomic mass is 9.96. The molecule has 0 radical (unpaired) electrons. The molecule has 1 aliphatic rings. The first-order chi connectivity index (χ1) is 14.9. The number of nitrogens with zero attached hydrogens (tertiary/aromatic N) is 2. The van der Waals surface area contributed by atoms with Gasteiger partial charge >= 0.3 is 12.1 Å². The molecule has 1 N–H and O–H groups in total. The highest BCUT2D eigenvalue weighted by molar-refractivity contribution is 7.93. The Bertz CT molecular complexity index is 1070. The molecule has 1 amide bonds. The topological polar surface area (TPSA) is 123 Å². The first-order valence-electron chi connectivity index (χ1n) is 10.1. The van der Waals surface area contributed by atoms with E-state index in [0.717, 1.165) is 0 Å². The van der Waals surface area contributed by atoms with Crippen molar-refractivity contribution in [3.8, 4) is 11.5 Å². The summed E-state index contributed by atoms with van der Waals surface area (Å²) in [4.78, 5) is 29.6. The minimum Gasteiger partial charge on any atom is -0.480 e. The Kier molecular flexibility index (Phi) is 6.45. The van der Waals surface area contributed by atoms with E-state index in [4.69, 9.17) is 9.47 Å². The van der Waals surface area contributed by atoms with Crippen molar-refractivity contribution in [3.05, 3.63) is 48.8 Å². The van der Waals surface area contributed by atoms with Crippen LogP contribution in [-0.2, 0) is 19.4 Å². The summed E-state index contributed by atoms with van der Waals surface area (Å²) in [5, 5.41) is 9.90. The summed E-state index contributed by atoms with van der Waals surface area (Å²) in [6.07, 6.45) is 2.05. The number of aromatic nitrogens is 1. The van der Waals surface area contributed by atoms with Gasteiger partial charge in [0.05, 0.1) is 11.1 Å². The minimum atomic E-state index is -4.24. The number of sulfone groups is 1. The third-order valence-electron chi connectivity index (χ3n) is 5.13. The molecule has 3 rings (SSSR count). The fourth-order valence-corrected chi connectivity index (χ4v) is 5.33. The van der Waals surface area contributed by atoms with Crippen molar-refractivity contribution >= 4 is 21.9 Å². The van der Waals surface area contributed by atoms with Gasteiger partial charge in [-0.25, -0.2) is 13.2 Å². The van der Waals surface area contributed by atoms with Crippen molar-refractivity contribution in [3.63, 3.8) is 0 Å². The van der Waals surface area contributed by atoms with Gasteiger partial charge in [-0.05, 0) is 70.0 Å². The van der Waals surface area contributed by atoms with Crippen LogP contribution in [0.5, 0.6) is 11.5 Å². The van der Waals surface area contributed by atoms with Crippen LogP contribution in [0.1, 0.15) is 33.6 Å². The van der Waals surface area contributed by atoms with Crippen molar-refractivity contribution in [1.82, 2.24) is 9.88 Å². The summed E-state index contributed by atoms with van der Waals surface area (Å²) in [5.41, 5.74) is -0.704. The zero-order valence-electron chi connectivity index (χ0n) is 18.1. The third kappa shape index (κ3) is 4.85. The van der Waals surface area contributed by atoms with Crippen LogP contribution in [0.3, 0.4) is 0 Å². The highest BCUT2D eigenvalue weighted by Crippen LogP contribution is 2.37. The quantitative estimate of drug-likeness (QED) is 0.716. The molecule has 1 aliphatic heterocycles. The van der Waals surface area contributed by atoms with Crippen LogP contribution in [0.15, 0.2) is 53.7 Å². The van der Waals surface area contributed by atoms with E-state index >= 15 is 0 Å². The third-order valence-corrected chi connectivity index (χ3v) is 7.64. The monoisotopic (exact) mass is 462 g/mol. The molecule has 172 valence electrons. The Labute approximate surface area is 186 Å². The lowest BCUT2D eigenvalue weighted by molar-refractivity contribution is -0.141. The van der Waals surface area contributed by atoms with Crippen molar-refractivity contribution in [1.29, 1.82) is 0 Å². The Morgan fingerprint density at radius 3 is 2.19 bits per heavy atom. The summed E-state index contributed by atoms with van der Waals surface area (Å²) < 4.78 is 35.6. The van der Waals surface area contributed by atoms with Gasteiger partial charge in [-0.1, -0.05) is 0 Å². The molecule has 32 heavy (non-hydrogen) atoms. The van der Waals surface area contributed by atoms with Crippen molar-refractivity contribution in [2.24, 2.45) is 0 Å². The number of benzene rings is 1. The standard InChI is InChI=1S/C22H26N2O7S/c1-21(2,3)31-20(27)24-13-10-22(11-14-24,19(25)26)32(28,29)18-8-6-16(7-9-18)30-17-5-4-12-23-15-17/h4-9,12,15H,10-11,13-14H2,1-3H3,(H,25,26). The maximum Gasteiger partial charge on any atom is 0.410 e. The van der Waals surface area contributed by atoms with E-state index in [2.05, 4.69) is 4.98 Å². The van der Waals surface area contributed by atoms with Crippen molar-refractivity contribution < 1.29 is 32.6 Å². The number of likely N-dealkylation sites (tertiary alicyclic amines) is 1. The highest BCUT2D eigenvalue weighted by atomic mass is 32.2. The number of pyridine rings is 1.